The Kier molecular flexibility index (Phi) is 3.20. The fourth-order valence-electron chi connectivity index (χ4n) is 3.77. The predicted molar refractivity (Wildman–Crippen MR) is 83.8 cm³/mol. The van der Waals surface area contributed by atoms with E-state index in [4.69, 9.17) is 18.9 Å². The highest BCUT2D eigenvalue weighted by Crippen LogP contribution is 2.53. The number of carbonyl (C=O) groups excluding carboxylic acids is 1. The van der Waals surface area contributed by atoms with Crippen LogP contribution in [0.2, 0.25) is 0 Å². The molecule has 3 atom stereocenters. The Hall–Kier alpha value is -2.27. The molecule has 0 aliphatic carbocycles. The number of benzene rings is 2. The second kappa shape index (κ2) is 5.13. The van der Waals surface area contributed by atoms with E-state index >= 15 is 0 Å². The van der Waals surface area contributed by atoms with E-state index in [1.807, 2.05) is 31.2 Å². The zero-order chi connectivity index (χ0) is 16.1. The van der Waals surface area contributed by atoms with E-state index in [1.54, 1.807) is 14.2 Å². The van der Waals surface area contributed by atoms with Crippen molar-refractivity contribution >= 4 is 16.7 Å². The molecule has 5 nitrogen and oxygen atoms in total. The van der Waals surface area contributed by atoms with Crippen molar-refractivity contribution in [2.75, 3.05) is 14.2 Å². The van der Waals surface area contributed by atoms with E-state index in [0.717, 1.165) is 33.4 Å². The molecular formula is C18H18O5. The van der Waals surface area contributed by atoms with Crippen molar-refractivity contribution in [3.63, 3.8) is 0 Å². The van der Waals surface area contributed by atoms with Crippen LogP contribution in [0.15, 0.2) is 24.3 Å². The molecule has 2 aromatic carbocycles. The highest BCUT2D eigenvalue weighted by atomic mass is 16.6. The van der Waals surface area contributed by atoms with E-state index in [1.165, 1.54) is 0 Å². The summed E-state index contributed by atoms with van der Waals surface area (Å²) in [6, 6.07) is 7.90. The summed E-state index contributed by atoms with van der Waals surface area (Å²) in [6.45, 7) is 1.97. The van der Waals surface area contributed by atoms with E-state index in [-0.39, 0.29) is 24.6 Å². The van der Waals surface area contributed by atoms with Crippen LogP contribution in [0, 0.1) is 0 Å². The number of carbonyl (C=O) groups is 1. The molecule has 2 aliphatic rings. The van der Waals surface area contributed by atoms with Crippen LogP contribution in [-0.4, -0.2) is 26.3 Å². The van der Waals surface area contributed by atoms with Crippen molar-refractivity contribution in [3.05, 3.63) is 35.4 Å². The normalized spacial score (nSPS) is 25.7. The minimum absolute atomic E-state index is 0.200. The van der Waals surface area contributed by atoms with Crippen molar-refractivity contribution in [1.82, 2.24) is 0 Å². The summed E-state index contributed by atoms with van der Waals surface area (Å²) in [6.07, 6.45) is -0.645. The molecule has 0 amide bonds. The molecule has 2 aromatic rings. The fourth-order valence-corrected chi connectivity index (χ4v) is 3.77. The van der Waals surface area contributed by atoms with Crippen LogP contribution < -0.4 is 9.47 Å². The maximum atomic E-state index is 11.8. The molecule has 5 heteroatoms. The minimum Gasteiger partial charge on any atom is -0.496 e. The zero-order valence-electron chi connectivity index (χ0n) is 13.3. The molecule has 0 N–H and O–H groups in total. The lowest BCUT2D eigenvalue weighted by molar-refractivity contribution is -0.143. The Balaban J connectivity index is 2.10. The second-order valence-electron chi connectivity index (χ2n) is 5.87. The molecule has 0 unspecified atom stereocenters. The summed E-state index contributed by atoms with van der Waals surface area (Å²) in [7, 11) is 3.29. The van der Waals surface area contributed by atoms with Gasteiger partial charge in [0.15, 0.2) is 6.10 Å². The summed E-state index contributed by atoms with van der Waals surface area (Å²) in [5, 5.41) is 1.91. The van der Waals surface area contributed by atoms with Crippen molar-refractivity contribution < 1.29 is 23.7 Å². The summed E-state index contributed by atoms with van der Waals surface area (Å²) >= 11 is 0. The van der Waals surface area contributed by atoms with Gasteiger partial charge < -0.3 is 18.9 Å². The van der Waals surface area contributed by atoms with Gasteiger partial charge in [-0.3, -0.25) is 4.79 Å². The lowest BCUT2D eigenvalue weighted by atomic mass is 9.87. The molecule has 2 heterocycles. The van der Waals surface area contributed by atoms with Crippen molar-refractivity contribution in [2.24, 2.45) is 0 Å². The first-order chi connectivity index (χ1) is 11.2. The number of esters is 1. The standard InChI is InChI=1S/C18H18O5/c1-9-14-15(18-12(22-9)8-13(19)23-18)17(21-3)11-7-5-4-6-10(11)16(14)20-2/h4-7,9,12,18H,8H2,1-3H3/t9-,12-,18+/m0/s1. The van der Waals surface area contributed by atoms with Gasteiger partial charge in [0, 0.05) is 21.9 Å². The first-order valence-electron chi connectivity index (χ1n) is 7.67. The molecule has 1 saturated heterocycles. The maximum Gasteiger partial charge on any atom is 0.309 e. The number of ether oxygens (including phenoxy) is 4. The van der Waals surface area contributed by atoms with E-state index in [9.17, 15) is 4.79 Å². The molecule has 2 aliphatic heterocycles. The lowest BCUT2D eigenvalue weighted by Gasteiger charge is -2.34. The third-order valence-corrected chi connectivity index (χ3v) is 4.64. The van der Waals surface area contributed by atoms with Gasteiger partial charge in [0.05, 0.1) is 26.7 Å². The minimum atomic E-state index is -0.442. The van der Waals surface area contributed by atoms with Gasteiger partial charge >= 0.3 is 5.97 Å². The Morgan fingerprint density at radius 3 is 2.26 bits per heavy atom. The SMILES string of the molecule is COc1c2c(c(OC)c3ccccc13)[C@@H]1OC(=O)C[C@@H]1O[C@H]2C. The van der Waals surface area contributed by atoms with E-state index in [0.29, 0.717) is 0 Å². The molecule has 0 bridgehead atoms. The number of hydrogen-bond acceptors (Lipinski definition) is 5. The smallest absolute Gasteiger partial charge is 0.309 e. The van der Waals surface area contributed by atoms with Gasteiger partial charge in [-0.25, -0.2) is 0 Å². The number of fused-ring (bicyclic) bond motifs is 4. The molecular weight excluding hydrogens is 296 g/mol. The predicted octanol–water partition coefficient (Wildman–Crippen LogP) is 3.30. The third kappa shape index (κ3) is 1.93. The summed E-state index contributed by atoms with van der Waals surface area (Å²) in [4.78, 5) is 11.8. The zero-order valence-corrected chi connectivity index (χ0v) is 13.3. The van der Waals surface area contributed by atoms with Crippen molar-refractivity contribution in [2.45, 2.75) is 31.7 Å². The lowest BCUT2D eigenvalue weighted by Crippen LogP contribution is -2.27. The topological polar surface area (TPSA) is 54.0 Å². The first kappa shape index (κ1) is 14.3. The average molecular weight is 314 g/mol. The van der Waals surface area contributed by atoms with Crippen LogP contribution in [0.5, 0.6) is 11.5 Å². The Bertz CT molecular complexity index is 798. The van der Waals surface area contributed by atoms with Gasteiger partial charge in [-0.2, -0.15) is 0 Å². The van der Waals surface area contributed by atoms with Gasteiger partial charge in [0.25, 0.3) is 0 Å². The van der Waals surface area contributed by atoms with E-state index < -0.39 is 6.10 Å². The Labute approximate surface area is 134 Å². The summed E-state index contributed by atoms with van der Waals surface area (Å²) < 4.78 is 23.0. The molecule has 0 spiro atoms. The van der Waals surface area contributed by atoms with Crippen LogP contribution in [-0.2, 0) is 14.3 Å². The summed E-state index contributed by atoms with van der Waals surface area (Å²) in [5.41, 5.74) is 1.77. The van der Waals surface area contributed by atoms with Gasteiger partial charge in [-0.1, -0.05) is 24.3 Å². The first-order valence-corrected chi connectivity index (χ1v) is 7.67. The molecule has 0 saturated carbocycles. The molecule has 0 radical (unpaired) electrons. The number of methoxy groups -OCH3 is 2. The highest BCUT2D eigenvalue weighted by molar-refractivity contribution is 5.96. The third-order valence-electron chi connectivity index (χ3n) is 4.64. The fraction of sp³-hybridized carbons (Fsp3) is 0.389. The highest BCUT2D eigenvalue weighted by Gasteiger charge is 2.46. The maximum absolute atomic E-state index is 11.8. The van der Waals surface area contributed by atoms with Crippen LogP contribution in [0.25, 0.3) is 10.8 Å². The Morgan fingerprint density at radius 2 is 1.65 bits per heavy atom. The molecule has 1 fully saturated rings. The van der Waals surface area contributed by atoms with Crippen molar-refractivity contribution in [3.8, 4) is 11.5 Å². The van der Waals surface area contributed by atoms with E-state index in [2.05, 4.69) is 0 Å². The van der Waals surface area contributed by atoms with Crippen LogP contribution in [0.1, 0.15) is 36.7 Å². The average Bonchev–Trinajstić information content (AvgIpc) is 2.92. The van der Waals surface area contributed by atoms with Gasteiger partial charge in [-0.05, 0) is 6.92 Å². The molecule has 0 aromatic heterocycles. The molecule has 120 valence electrons. The second-order valence-corrected chi connectivity index (χ2v) is 5.87. The van der Waals surface area contributed by atoms with Crippen molar-refractivity contribution in [1.29, 1.82) is 0 Å². The largest absolute Gasteiger partial charge is 0.496 e. The number of hydrogen-bond donors (Lipinski definition) is 0. The van der Waals surface area contributed by atoms with Crippen LogP contribution in [0.3, 0.4) is 0 Å². The van der Waals surface area contributed by atoms with Gasteiger partial charge in [0.1, 0.15) is 17.6 Å². The molecule has 23 heavy (non-hydrogen) atoms. The van der Waals surface area contributed by atoms with Gasteiger partial charge in [0.2, 0.25) is 0 Å². The molecule has 4 rings (SSSR count). The van der Waals surface area contributed by atoms with Crippen LogP contribution >= 0.6 is 0 Å². The number of rotatable bonds is 2. The Morgan fingerprint density at radius 1 is 1.04 bits per heavy atom. The summed E-state index contributed by atoms with van der Waals surface area (Å²) in [5.74, 6) is 1.25. The monoisotopic (exact) mass is 314 g/mol. The quantitative estimate of drug-likeness (QED) is 0.796. The van der Waals surface area contributed by atoms with Gasteiger partial charge in [-0.15, -0.1) is 0 Å². The van der Waals surface area contributed by atoms with Crippen LogP contribution in [0.4, 0.5) is 0 Å².